The molecule has 1 unspecified atom stereocenters. The van der Waals surface area contributed by atoms with E-state index in [1.807, 2.05) is 12.2 Å². The van der Waals surface area contributed by atoms with E-state index in [0.717, 1.165) is 6.42 Å². The van der Waals surface area contributed by atoms with Gasteiger partial charge in [0.2, 0.25) is 0 Å². The molecule has 2 fully saturated rings. The number of rotatable bonds is 2. The van der Waals surface area contributed by atoms with Gasteiger partial charge in [-0.15, -0.1) is 0 Å². The average molecular weight is 194 g/mol. The number of hydrogen-bond acceptors (Lipinski definition) is 2. The first-order valence-electron chi connectivity index (χ1n) is 4.73. The number of aliphatic carboxylic acids is 2. The van der Waals surface area contributed by atoms with Crippen LogP contribution in [0.3, 0.4) is 0 Å². The molecule has 5 atom stereocenters. The molecule has 0 heterocycles. The van der Waals surface area contributed by atoms with Crippen LogP contribution in [0.15, 0.2) is 12.2 Å². The second-order valence-electron chi connectivity index (χ2n) is 4.51. The highest BCUT2D eigenvalue weighted by atomic mass is 16.4. The highest BCUT2D eigenvalue weighted by Crippen LogP contribution is 2.77. The monoisotopic (exact) mass is 194 g/mol. The molecule has 2 N–H and O–H groups in total. The van der Waals surface area contributed by atoms with Crippen molar-refractivity contribution < 1.29 is 19.8 Å². The summed E-state index contributed by atoms with van der Waals surface area (Å²) in [4.78, 5) is 21.9. The number of hydrogen-bond donors (Lipinski definition) is 2. The van der Waals surface area contributed by atoms with Crippen LogP contribution in [-0.2, 0) is 9.59 Å². The normalized spacial score (nSPS) is 51.7. The quantitative estimate of drug-likeness (QED) is 0.631. The van der Waals surface area contributed by atoms with Crippen LogP contribution < -0.4 is 0 Å². The standard InChI is InChI=1S/C10H10O4/c11-8(12)6-5-2-1-4-3-10(4,5)7(6)9(13)14/h1-2,4-7H,3H2,(H,11,12)(H,13,14)/t4-,5+,6-,7-,10?/m1/s1. The van der Waals surface area contributed by atoms with Gasteiger partial charge in [0.05, 0.1) is 11.8 Å². The Kier molecular flexibility index (Phi) is 1.16. The Morgan fingerprint density at radius 1 is 1.21 bits per heavy atom. The fourth-order valence-electron chi connectivity index (χ4n) is 3.51. The molecule has 4 nitrogen and oxygen atoms in total. The van der Waals surface area contributed by atoms with Crippen molar-refractivity contribution in [1.29, 1.82) is 0 Å². The summed E-state index contributed by atoms with van der Waals surface area (Å²) in [5, 5.41) is 17.9. The molecule has 3 aliphatic carbocycles. The second-order valence-corrected chi connectivity index (χ2v) is 4.51. The summed E-state index contributed by atoms with van der Waals surface area (Å²) in [5.74, 6) is -2.96. The lowest BCUT2D eigenvalue weighted by Gasteiger charge is -2.46. The molecule has 1 spiro atoms. The summed E-state index contributed by atoms with van der Waals surface area (Å²) in [6, 6.07) is 0. The van der Waals surface area contributed by atoms with Gasteiger partial charge in [-0.25, -0.2) is 0 Å². The molecular formula is C10H10O4. The first kappa shape index (κ1) is 8.03. The third-order valence-electron chi connectivity index (χ3n) is 4.15. The molecule has 2 saturated carbocycles. The smallest absolute Gasteiger partial charge is 0.308 e. The molecular weight excluding hydrogens is 184 g/mol. The largest absolute Gasteiger partial charge is 0.481 e. The lowest BCUT2D eigenvalue weighted by molar-refractivity contribution is -0.174. The summed E-state index contributed by atoms with van der Waals surface area (Å²) in [5.41, 5.74) is -0.200. The van der Waals surface area contributed by atoms with Gasteiger partial charge in [0, 0.05) is 0 Å². The van der Waals surface area contributed by atoms with E-state index < -0.39 is 23.8 Å². The molecule has 4 heteroatoms. The molecule has 14 heavy (non-hydrogen) atoms. The van der Waals surface area contributed by atoms with Crippen LogP contribution in [-0.4, -0.2) is 22.2 Å². The highest BCUT2D eigenvalue weighted by Gasteiger charge is 2.78. The van der Waals surface area contributed by atoms with Gasteiger partial charge in [0.25, 0.3) is 0 Å². The average Bonchev–Trinajstić information content (AvgIpc) is 2.70. The van der Waals surface area contributed by atoms with E-state index in [0.29, 0.717) is 5.92 Å². The lowest BCUT2D eigenvalue weighted by atomic mass is 9.54. The van der Waals surface area contributed by atoms with Crippen LogP contribution in [0.25, 0.3) is 0 Å². The van der Waals surface area contributed by atoms with Gasteiger partial charge in [0.15, 0.2) is 0 Å². The van der Waals surface area contributed by atoms with Crippen molar-refractivity contribution in [3.05, 3.63) is 12.2 Å². The summed E-state index contributed by atoms with van der Waals surface area (Å²) in [6.45, 7) is 0. The molecule has 0 bridgehead atoms. The molecule has 74 valence electrons. The zero-order valence-electron chi connectivity index (χ0n) is 7.38. The van der Waals surface area contributed by atoms with Crippen LogP contribution in [0, 0.1) is 29.1 Å². The molecule has 0 saturated heterocycles. The second kappa shape index (κ2) is 2.02. The zero-order chi connectivity index (χ0) is 10.1. The maximum Gasteiger partial charge on any atom is 0.308 e. The Morgan fingerprint density at radius 2 is 1.93 bits per heavy atom. The predicted octanol–water partition coefficient (Wildman–Crippen LogP) is 0.594. The van der Waals surface area contributed by atoms with Crippen molar-refractivity contribution in [1.82, 2.24) is 0 Å². The minimum Gasteiger partial charge on any atom is -0.481 e. The van der Waals surface area contributed by atoms with Crippen molar-refractivity contribution in [2.75, 3.05) is 0 Å². The summed E-state index contributed by atoms with van der Waals surface area (Å²) >= 11 is 0. The Bertz CT molecular complexity index is 372. The van der Waals surface area contributed by atoms with Crippen LogP contribution in [0.5, 0.6) is 0 Å². The molecule has 0 radical (unpaired) electrons. The predicted molar refractivity (Wildman–Crippen MR) is 45.4 cm³/mol. The van der Waals surface area contributed by atoms with Crippen LogP contribution in [0.1, 0.15) is 6.42 Å². The molecule has 0 amide bonds. The van der Waals surface area contributed by atoms with Gasteiger partial charge in [-0.2, -0.15) is 0 Å². The molecule has 0 aromatic heterocycles. The van der Waals surface area contributed by atoms with E-state index in [4.69, 9.17) is 10.2 Å². The minimum atomic E-state index is -0.967. The Hall–Kier alpha value is -1.32. The molecule has 0 aromatic carbocycles. The Labute approximate surface area is 80.2 Å². The molecule has 0 aliphatic heterocycles. The first-order chi connectivity index (χ1) is 6.59. The maximum absolute atomic E-state index is 11.0. The third-order valence-corrected chi connectivity index (χ3v) is 4.15. The zero-order valence-corrected chi connectivity index (χ0v) is 7.38. The number of carboxylic acid groups (broad SMARTS) is 2. The highest BCUT2D eigenvalue weighted by molar-refractivity contribution is 5.85. The Morgan fingerprint density at radius 3 is 2.43 bits per heavy atom. The molecule has 3 aliphatic rings. The van der Waals surface area contributed by atoms with E-state index >= 15 is 0 Å². The maximum atomic E-state index is 11.0. The Balaban J connectivity index is 1.97. The molecule has 0 aromatic rings. The fraction of sp³-hybridized carbons (Fsp3) is 0.600. The van der Waals surface area contributed by atoms with Gasteiger partial charge >= 0.3 is 11.9 Å². The van der Waals surface area contributed by atoms with Crippen molar-refractivity contribution >= 4 is 11.9 Å². The van der Waals surface area contributed by atoms with Gasteiger partial charge in [-0.1, -0.05) is 12.2 Å². The van der Waals surface area contributed by atoms with Crippen LogP contribution in [0.4, 0.5) is 0 Å². The SMILES string of the molecule is O=C(O)[C@@H]1[C@@H]2C=C[C@@H]3CC32[C@H]1C(=O)O. The van der Waals surface area contributed by atoms with Gasteiger partial charge in [-0.05, 0) is 23.7 Å². The van der Waals surface area contributed by atoms with Crippen LogP contribution in [0.2, 0.25) is 0 Å². The van der Waals surface area contributed by atoms with Gasteiger partial charge < -0.3 is 10.2 Å². The van der Waals surface area contributed by atoms with Gasteiger partial charge in [0.1, 0.15) is 0 Å². The van der Waals surface area contributed by atoms with E-state index in [1.54, 1.807) is 0 Å². The van der Waals surface area contributed by atoms with Crippen molar-refractivity contribution in [2.45, 2.75) is 6.42 Å². The molecule has 3 rings (SSSR count). The fourth-order valence-corrected chi connectivity index (χ4v) is 3.51. The lowest BCUT2D eigenvalue weighted by Crippen LogP contribution is -2.54. The first-order valence-corrected chi connectivity index (χ1v) is 4.73. The summed E-state index contributed by atoms with van der Waals surface area (Å²) < 4.78 is 0. The topological polar surface area (TPSA) is 74.6 Å². The minimum absolute atomic E-state index is 0.0221. The summed E-state index contributed by atoms with van der Waals surface area (Å²) in [7, 11) is 0. The van der Waals surface area contributed by atoms with Gasteiger partial charge in [-0.3, -0.25) is 9.59 Å². The van der Waals surface area contributed by atoms with Crippen molar-refractivity contribution in [3.8, 4) is 0 Å². The van der Waals surface area contributed by atoms with Crippen molar-refractivity contribution in [2.24, 2.45) is 29.1 Å². The van der Waals surface area contributed by atoms with E-state index in [1.165, 1.54) is 0 Å². The van der Waals surface area contributed by atoms with Crippen LogP contribution >= 0.6 is 0 Å². The third kappa shape index (κ3) is 0.605. The number of carboxylic acids is 2. The number of carbonyl (C=O) groups is 2. The summed E-state index contributed by atoms with van der Waals surface area (Å²) in [6.07, 6.45) is 4.75. The van der Waals surface area contributed by atoms with E-state index in [9.17, 15) is 9.59 Å². The van der Waals surface area contributed by atoms with Crippen molar-refractivity contribution in [3.63, 3.8) is 0 Å². The van der Waals surface area contributed by atoms with E-state index in [2.05, 4.69) is 0 Å². The number of allylic oxidation sites excluding steroid dienone is 2. The van der Waals surface area contributed by atoms with E-state index in [-0.39, 0.29) is 11.3 Å².